The van der Waals surface area contributed by atoms with Crippen molar-refractivity contribution in [2.24, 2.45) is 5.92 Å². The fourth-order valence-corrected chi connectivity index (χ4v) is 4.17. The molecule has 1 saturated carbocycles. The van der Waals surface area contributed by atoms with Gasteiger partial charge in [0.15, 0.2) is 0 Å². The molecule has 8 nitrogen and oxygen atoms in total. The quantitative estimate of drug-likeness (QED) is 0.620. The summed E-state index contributed by atoms with van der Waals surface area (Å²) < 4.78 is 27.7. The highest BCUT2D eigenvalue weighted by atomic mass is 32.2. The third-order valence-electron chi connectivity index (χ3n) is 4.40. The van der Waals surface area contributed by atoms with Crippen LogP contribution in [-0.4, -0.2) is 33.5 Å². The first-order valence-corrected chi connectivity index (χ1v) is 9.31. The van der Waals surface area contributed by atoms with Crippen molar-refractivity contribution in [2.75, 3.05) is 19.2 Å². The highest BCUT2D eigenvalue weighted by molar-refractivity contribution is 7.89. The number of hydrogen-bond acceptors (Lipinski definition) is 6. The summed E-state index contributed by atoms with van der Waals surface area (Å²) in [5.74, 6) is 0.607. The molecule has 0 amide bonds. The minimum atomic E-state index is -3.80. The fraction of sp³-hybridized carbons (Fsp3) is 0.600. The van der Waals surface area contributed by atoms with Gasteiger partial charge in [-0.3, -0.25) is 20.0 Å². The van der Waals surface area contributed by atoms with Crippen LogP contribution < -0.4 is 9.79 Å². The zero-order chi connectivity index (χ0) is 17.9. The van der Waals surface area contributed by atoms with Gasteiger partial charge in [-0.25, -0.2) is 13.1 Å². The lowest BCUT2D eigenvalue weighted by Gasteiger charge is -2.26. The summed E-state index contributed by atoms with van der Waals surface area (Å²) >= 11 is 0. The van der Waals surface area contributed by atoms with Crippen molar-refractivity contribution in [3.63, 3.8) is 0 Å². The van der Waals surface area contributed by atoms with Crippen LogP contribution in [0.3, 0.4) is 0 Å². The number of nitro groups is 1. The second-order valence-electron chi connectivity index (χ2n) is 6.17. The number of anilines is 1. The predicted molar refractivity (Wildman–Crippen MR) is 90.2 cm³/mol. The summed E-state index contributed by atoms with van der Waals surface area (Å²) in [5, 5.41) is 12.5. The van der Waals surface area contributed by atoms with E-state index in [-0.39, 0.29) is 22.3 Å². The van der Waals surface area contributed by atoms with Crippen LogP contribution in [0.1, 0.15) is 32.6 Å². The third-order valence-corrected chi connectivity index (χ3v) is 5.92. The Morgan fingerprint density at radius 2 is 1.92 bits per heavy atom. The maximum absolute atomic E-state index is 12.5. The molecule has 0 spiro atoms. The number of sulfonamides is 1. The van der Waals surface area contributed by atoms with Crippen LogP contribution in [0.25, 0.3) is 0 Å². The SMILES string of the molecule is CON(C)c1ccc(S(=O)(=O)NC2CCC(C)CC2)cc1[N+](=O)[O-]. The lowest BCUT2D eigenvalue weighted by molar-refractivity contribution is -0.384. The number of nitrogens with zero attached hydrogens (tertiary/aromatic N) is 2. The molecule has 0 atom stereocenters. The van der Waals surface area contributed by atoms with Crippen LogP contribution in [0, 0.1) is 16.0 Å². The topological polar surface area (TPSA) is 102 Å². The maximum atomic E-state index is 12.5. The van der Waals surface area contributed by atoms with Gasteiger partial charge in [0.25, 0.3) is 5.69 Å². The van der Waals surface area contributed by atoms with Crippen LogP contribution in [0.15, 0.2) is 23.1 Å². The molecule has 0 heterocycles. The fourth-order valence-electron chi connectivity index (χ4n) is 2.85. The van der Waals surface area contributed by atoms with Gasteiger partial charge in [-0.2, -0.15) is 0 Å². The zero-order valence-electron chi connectivity index (χ0n) is 14.1. The molecule has 1 N–H and O–H groups in total. The van der Waals surface area contributed by atoms with Crippen LogP contribution in [-0.2, 0) is 14.9 Å². The zero-order valence-corrected chi connectivity index (χ0v) is 14.9. The second kappa shape index (κ2) is 7.45. The highest BCUT2D eigenvalue weighted by Gasteiger charge is 2.27. The average Bonchev–Trinajstić information content (AvgIpc) is 2.55. The van der Waals surface area contributed by atoms with E-state index in [1.54, 1.807) is 0 Å². The summed E-state index contributed by atoms with van der Waals surface area (Å²) in [5.41, 5.74) is -0.132. The lowest BCUT2D eigenvalue weighted by Crippen LogP contribution is -2.37. The molecule has 1 aliphatic carbocycles. The minimum Gasteiger partial charge on any atom is -0.277 e. The molecule has 0 saturated heterocycles. The van der Waals surface area contributed by atoms with Crippen molar-refractivity contribution >= 4 is 21.4 Å². The van der Waals surface area contributed by atoms with Crippen LogP contribution >= 0.6 is 0 Å². The number of hydrogen-bond donors (Lipinski definition) is 1. The van der Waals surface area contributed by atoms with Crippen molar-refractivity contribution in [3.05, 3.63) is 28.3 Å². The summed E-state index contributed by atoms with van der Waals surface area (Å²) in [6.07, 6.45) is 3.52. The van der Waals surface area contributed by atoms with Crippen molar-refractivity contribution in [1.29, 1.82) is 0 Å². The number of hydroxylamine groups is 1. The molecular weight excluding hydrogens is 334 g/mol. The molecule has 9 heteroatoms. The molecule has 1 aliphatic rings. The number of rotatable bonds is 6. The summed E-state index contributed by atoms with van der Waals surface area (Å²) in [6, 6.07) is 3.68. The van der Waals surface area contributed by atoms with E-state index < -0.39 is 14.9 Å². The summed E-state index contributed by atoms with van der Waals surface area (Å²) in [6.45, 7) is 2.15. The van der Waals surface area contributed by atoms with Crippen LogP contribution in [0.2, 0.25) is 0 Å². The maximum Gasteiger partial charge on any atom is 0.296 e. The van der Waals surface area contributed by atoms with E-state index in [2.05, 4.69) is 11.6 Å². The van der Waals surface area contributed by atoms with E-state index in [4.69, 9.17) is 4.84 Å². The molecule has 1 aromatic rings. The Morgan fingerprint density at radius 1 is 1.29 bits per heavy atom. The first-order chi connectivity index (χ1) is 11.2. The number of nitro benzene ring substituents is 1. The van der Waals surface area contributed by atoms with Crippen LogP contribution in [0.4, 0.5) is 11.4 Å². The van der Waals surface area contributed by atoms with Gasteiger partial charge in [-0.15, -0.1) is 0 Å². The van der Waals surface area contributed by atoms with Gasteiger partial charge in [0, 0.05) is 19.2 Å². The normalized spacial score (nSPS) is 21.5. The largest absolute Gasteiger partial charge is 0.296 e. The molecule has 1 fully saturated rings. The molecule has 24 heavy (non-hydrogen) atoms. The van der Waals surface area contributed by atoms with Gasteiger partial charge in [-0.05, 0) is 43.7 Å². The molecule has 0 unspecified atom stereocenters. The van der Waals surface area contributed by atoms with Gasteiger partial charge < -0.3 is 0 Å². The van der Waals surface area contributed by atoms with E-state index in [1.807, 2.05) is 0 Å². The van der Waals surface area contributed by atoms with E-state index in [0.717, 1.165) is 31.7 Å². The van der Waals surface area contributed by atoms with Gasteiger partial charge in [0.1, 0.15) is 5.69 Å². The molecule has 0 aliphatic heterocycles. The Morgan fingerprint density at radius 3 is 2.46 bits per heavy atom. The van der Waals surface area contributed by atoms with E-state index in [1.165, 1.54) is 31.4 Å². The average molecular weight is 357 g/mol. The smallest absolute Gasteiger partial charge is 0.277 e. The summed E-state index contributed by atoms with van der Waals surface area (Å²) in [4.78, 5) is 15.5. The Kier molecular flexibility index (Phi) is 5.79. The van der Waals surface area contributed by atoms with Gasteiger partial charge in [-0.1, -0.05) is 6.92 Å². The Bertz CT molecular complexity index is 699. The van der Waals surface area contributed by atoms with Gasteiger partial charge >= 0.3 is 0 Å². The third kappa shape index (κ3) is 4.22. The Balaban J connectivity index is 2.27. The van der Waals surface area contributed by atoms with Gasteiger partial charge in [0.2, 0.25) is 10.0 Å². The first kappa shape index (κ1) is 18.6. The highest BCUT2D eigenvalue weighted by Crippen LogP contribution is 2.31. The molecule has 2 rings (SSSR count). The van der Waals surface area contributed by atoms with Crippen LogP contribution in [0.5, 0.6) is 0 Å². The van der Waals surface area contributed by atoms with E-state index in [9.17, 15) is 18.5 Å². The Hall–Kier alpha value is -1.71. The van der Waals surface area contributed by atoms with Gasteiger partial charge in [0.05, 0.1) is 16.9 Å². The van der Waals surface area contributed by atoms with Crippen molar-refractivity contribution in [2.45, 2.75) is 43.5 Å². The molecular formula is C15H23N3O5S. The lowest BCUT2D eigenvalue weighted by atomic mass is 9.88. The first-order valence-electron chi connectivity index (χ1n) is 7.83. The molecule has 0 bridgehead atoms. The minimum absolute atomic E-state index is 0.110. The molecule has 0 radical (unpaired) electrons. The second-order valence-corrected chi connectivity index (χ2v) is 7.88. The molecule has 134 valence electrons. The van der Waals surface area contributed by atoms with Crippen molar-refractivity contribution in [1.82, 2.24) is 4.72 Å². The monoisotopic (exact) mass is 357 g/mol. The number of nitrogens with one attached hydrogen (secondary N) is 1. The molecule has 1 aromatic carbocycles. The standard InChI is InChI=1S/C15H23N3O5S/c1-11-4-6-12(7-5-11)16-24(21,22)13-8-9-14(17(2)23-3)15(10-13)18(19)20/h8-12,16H,4-7H2,1-3H3. The van der Waals surface area contributed by atoms with Crippen molar-refractivity contribution < 1.29 is 18.2 Å². The van der Waals surface area contributed by atoms with Crippen molar-refractivity contribution in [3.8, 4) is 0 Å². The van der Waals surface area contributed by atoms with E-state index in [0.29, 0.717) is 5.92 Å². The number of benzene rings is 1. The molecule has 0 aromatic heterocycles. The summed E-state index contributed by atoms with van der Waals surface area (Å²) in [7, 11) is -0.910. The Labute approximate surface area is 142 Å². The van der Waals surface area contributed by atoms with E-state index >= 15 is 0 Å². The predicted octanol–water partition coefficient (Wildman–Crippen LogP) is 2.45.